The zero-order chi connectivity index (χ0) is 22.3. The predicted molar refractivity (Wildman–Crippen MR) is 119 cm³/mol. The number of fused-ring (bicyclic) bond motifs is 1. The van der Waals surface area contributed by atoms with Gasteiger partial charge in [0.15, 0.2) is 11.5 Å². The Hall–Kier alpha value is -4.25. The van der Waals surface area contributed by atoms with Crippen LogP contribution in [0.15, 0.2) is 42.6 Å². The van der Waals surface area contributed by atoms with Crippen LogP contribution in [-0.2, 0) is 5.41 Å². The Morgan fingerprint density at radius 2 is 1.97 bits per heavy atom. The predicted octanol–water partition coefficient (Wildman–Crippen LogP) is 3.48. The topological polar surface area (TPSA) is 147 Å². The third-order valence-electron chi connectivity index (χ3n) is 5.37. The molecule has 0 saturated carbocycles. The van der Waals surface area contributed by atoms with Crippen molar-refractivity contribution in [2.45, 2.75) is 26.2 Å². The highest BCUT2D eigenvalue weighted by Gasteiger charge is 2.23. The number of nitrogens with one attached hydrogen (secondary N) is 1. The minimum absolute atomic E-state index is 0.0511. The molecule has 0 aliphatic heterocycles. The van der Waals surface area contributed by atoms with E-state index in [-0.39, 0.29) is 11.4 Å². The van der Waals surface area contributed by atoms with Gasteiger partial charge in [0.05, 0.1) is 34.6 Å². The van der Waals surface area contributed by atoms with Gasteiger partial charge in [-0.05, 0) is 44.0 Å². The molecule has 0 spiro atoms. The maximum Gasteiger partial charge on any atom is 0.269 e. The molecule has 0 bridgehead atoms. The van der Waals surface area contributed by atoms with Gasteiger partial charge in [-0.1, -0.05) is 24.3 Å². The lowest BCUT2D eigenvalue weighted by Gasteiger charge is -2.17. The van der Waals surface area contributed by atoms with Crippen LogP contribution in [0.2, 0.25) is 0 Å². The summed E-state index contributed by atoms with van der Waals surface area (Å²) >= 11 is 0. The molecule has 4 rings (SSSR count). The molecular formula is C23H21N7O. The second-order valence-electron chi connectivity index (χ2n) is 7.93. The van der Waals surface area contributed by atoms with E-state index in [1.54, 1.807) is 6.20 Å². The number of aromatic amines is 1. The van der Waals surface area contributed by atoms with E-state index >= 15 is 0 Å². The average Bonchev–Trinajstić information content (AvgIpc) is 3.23. The molecule has 8 heteroatoms. The number of H-pyrrole nitrogens is 1. The molecule has 0 aliphatic rings. The van der Waals surface area contributed by atoms with Gasteiger partial charge in [-0.3, -0.25) is 9.89 Å². The Kier molecular flexibility index (Phi) is 4.67. The molecule has 5 N–H and O–H groups in total. The summed E-state index contributed by atoms with van der Waals surface area (Å²) in [6.45, 7) is 5.60. The van der Waals surface area contributed by atoms with Crippen LogP contribution < -0.4 is 11.5 Å². The van der Waals surface area contributed by atoms with Gasteiger partial charge in [0.2, 0.25) is 0 Å². The van der Waals surface area contributed by atoms with E-state index < -0.39 is 11.3 Å². The van der Waals surface area contributed by atoms with Crippen LogP contribution in [0.3, 0.4) is 0 Å². The molecule has 2 heterocycles. The van der Waals surface area contributed by atoms with Crippen LogP contribution >= 0.6 is 0 Å². The Labute approximate surface area is 178 Å². The van der Waals surface area contributed by atoms with Crippen molar-refractivity contribution in [1.82, 2.24) is 20.2 Å². The summed E-state index contributed by atoms with van der Waals surface area (Å²) in [5, 5.41) is 17.4. The van der Waals surface area contributed by atoms with Gasteiger partial charge in [0, 0.05) is 16.5 Å². The monoisotopic (exact) mass is 411 g/mol. The summed E-state index contributed by atoms with van der Waals surface area (Å²) in [4.78, 5) is 21.2. The van der Waals surface area contributed by atoms with Crippen LogP contribution in [0, 0.1) is 18.3 Å². The lowest BCUT2D eigenvalue weighted by atomic mass is 9.85. The van der Waals surface area contributed by atoms with Crippen molar-refractivity contribution in [3.63, 3.8) is 0 Å². The molecule has 0 aliphatic carbocycles. The van der Waals surface area contributed by atoms with Crippen LogP contribution in [0.1, 0.15) is 35.5 Å². The number of primary amides is 1. The van der Waals surface area contributed by atoms with Gasteiger partial charge < -0.3 is 11.5 Å². The number of rotatable bonds is 4. The van der Waals surface area contributed by atoms with E-state index in [9.17, 15) is 10.1 Å². The van der Waals surface area contributed by atoms with E-state index in [1.165, 1.54) is 0 Å². The molecule has 2 aromatic heterocycles. The fourth-order valence-electron chi connectivity index (χ4n) is 3.53. The zero-order valence-electron chi connectivity index (χ0n) is 17.4. The highest BCUT2D eigenvalue weighted by atomic mass is 16.1. The highest BCUT2D eigenvalue weighted by molar-refractivity contribution is 6.04. The van der Waals surface area contributed by atoms with Gasteiger partial charge in [-0.2, -0.15) is 10.4 Å². The Morgan fingerprint density at radius 3 is 2.68 bits per heavy atom. The summed E-state index contributed by atoms with van der Waals surface area (Å²) in [7, 11) is 0. The van der Waals surface area contributed by atoms with Gasteiger partial charge in [-0.25, -0.2) is 9.97 Å². The molecule has 0 radical (unpaired) electrons. The van der Waals surface area contributed by atoms with Crippen LogP contribution in [0.5, 0.6) is 0 Å². The van der Waals surface area contributed by atoms with Crippen LogP contribution in [0.4, 0.5) is 5.69 Å². The molecule has 2 aromatic carbocycles. The number of nitrogens with zero attached hydrogens (tertiary/aromatic N) is 4. The Balaban J connectivity index is 2.01. The number of carbonyl (C=O) groups is 1. The molecule has 0 atom stereocenters. The van der Waals surface area contributed by atoms with Crippen LogP contribution in [0.25, 0.3) is 33.5 Å². The summed E-state index contributed by atoms with van der Waals surface area (Å²) in [5.41, 5.74) is 15.6. The summed E-state index contributed by atoms with van der Waals surface area (Å²) in [5.74, 6) is -0.443. The van der Waals surface area contributed by atoms with Crippen molar-refractivity contribution in [3.05, 3.63) is 59.4 Å². The standard InChI is InChI=1S/C23H21N7O/c1-12-7-8-16-15(10-27-30-16)17(12)19-18(25)20(21(26)31)29-22(28-19)13-5-4-6-14(9-13)23(2,3)11-24/h4-10H,25H2,1-3H3,(H2,26,31)(H,27,30). The number of aryl methyl sites for hydroxylation is 1. The first kappa shape index (κ1) is 20.0. The van der Waals surface area contributed by atoms with Crippen molar-refractivity contribution in [2.24, 2.45) is 5.73 Å². The second kappa shape index (κ2) is 7.22. The number of aromatic nitrogens is 4. The normalized spacial score (nSPS) is 11.4. The highest BCUT2D eigenvalue weighted by Crippen LogP contribution is 2.36. The molecule has 1 amide bonds. The SMILES string of the molecule is Cc1ccc2[nH]ncc2c1-c1nc(-c2cccc(C(C)(C)C#N)c2)nc(C(N)=O)c1N. The van der Waals surface area contributed by atoms with E-state index in [0.717, 1.165) is 27.6 Å². The first-order chi connectivity index (χ1) is 14.7. The van der Waals surface area contributed by atoms with E-state index in [0.29, 0.717) is 17.1 Å². The fourth-order valence-corrected chi connectivity index (χ4v) is 3.53. The summed E-state index contributed by atoms with van der Waals surface area (Å²) in [6, 6.07) is 13.5. The summed E-state index contributed by atoms with van der Waals surface area (Å²) < 4.78 is 0. The lowest BCUT2D eigenvalue weighted by molar-refractivity contribution is 0.0996. The minimum atomic E-state index is -0.743. The lowest BCUT2D eigenvalue weighted by Crippen LogP contribution is -2.18. The Morgan fingerprint density at radius 1 is 1.19 bits per heavy atom. The van der Waals surface area contributed by atoms with Crippen molar-refractivity contribution in [1.29, 1.82) is 5.26 Å². The third kappa shape index (κ3) is 3.36. The number of nitrogen functional groups attached to an aromatic ring is 1. The number of benzene rings is 2. The van der Waals surface area contributed by atoms with Gasteiger partial charge >= 0.3 is 0 Å². The van der Waals surface area contributed by atoms with Crippen molar-refractivity contribution < 1.29 is 4.79 Å². The first-order valence-electron chi connectivity index (χ1n) is 9.65. The van der Waals surface area contributed by atoms with E-state index in [4.69, 9.17) is 16.5 Å². The molecule has 31 heavy (non-hydrogen) atoms. The zero-order valence-corrected chi connectivity index (χ0v) is 17.4. The van der Waals surface area contributed by atoms with Gasteiger partial charge in [-0.15, -0.1) is 0 Å². The third-order valence-corrected chi connectivity index (χ3v) is 5.37. The summed E-state index contributed by atoms with van der Waals surface area (Å²) in [6.07, 6.45) is 1.69. The number of carbonyl (C=O) groups excluding carboxylic acids is 1. The maximum atomic E-state index is 12.2. The molecule has 0 saturated heterocycles. The molecular weight excluding hydrogens is 390 g/mol. The Bertz CT molecular complexity index is 1380. The largest absolute Gasteiger partial charge is 0.395 e. The molecule has 4 aromatic rings. The average molecular weight is 411 g/mol. The number of hydrogen-bond acceptors (Lipinski definition) is 6. The smallest absolute Gasteiger partial charge is 0.269 e. The van der Waals surface area contributed by atoms with E-state index in [1.807, 2.05) is 57.2 Å². The van der Waals surface area contributed by atoms with E-state index in [2.05, 4.69) is 21.3 Å². The minimum Gasteiger partial charge on any atom is -0.395 e. The molecule has 154 valence electrons. The van der Waals surface area contributed by atoms with Crippen molar-refractivity contribution in [2.75, 3.05) is 5.73 Å². The maximum absolute atomic E-state index is 12.2. The number of nitrogens with two attached hydrogens (primary N) is 2. The van der Waals surface area contributed by atoms with Crippen LogP contribution in [-0.4, -0.2) is 26.1 Å². The second-order valence-corrected chi connectivity index (χ2v) is 7.93. The fraction of sp³-hybridized carbons (Fsp3) is 0.174. The number of anilines is 1. The van der Waals surface area contributed by atoms with Crippen molar-refractivity contribution >= 4 is 22.5 Å². The molecule has 8 nitrogen and oxygen atoms in total. The van der Waals surface area contributed by atoms with Gasteiger partial charge in [0.1, 0.15) is 0 Å². The first-order valence-corrected chi connectivity index (χ1v) is 9.65. The quantitative estimate of drug-likeness (QED) is 0.468. The molecule has 0 fully saturated rings. The van der Waals surface area contributed by atoms with Gasteiger partial charge in [0.25, 0.3) is 5.91 Å². The number of amides is 1. The van der Waals surface area contributed by atoms with Crippen molar-refractivity contribution in [3.8, 4) is 28.7 Å². The number of nitriles is 1. The number of hydrogen-bond donors (Lipinski definition) is 3. The molecule has 0 unspecified atom stereocenters.